The van der Waals surface area contributed by atoms with Crippen LogP contribution in [0, 0.1) is 5.92 Å². The zero-order chi connectivity index (χ0) is 18.4. The number of aromatic nitrogens is 1. The van der Waals surface area contributed by atoms with Crippen LogP contribution in [-0.4, -0.2) is 34.2 Å². The van der Waals surface area contributed by atoms with Gasteiger partial charge in [0.25, 0.3) is 0 Å². The standard InChI is InChI=1S/C21H25N3O2/c1-16(2)12-21(25)24(14-17-8-4-3-5-9-17)15-18-13-20(23-26-18)19-10-6-7-11-22-19/h3-11,16,18H,12-15H2,1-2H3. The van der Waals surface area contributed by atoms with E-state index in [0.29, 0.717) is 31.8 Å². The molecule has 0 N–H and O–H groups in total. The smallest absolute Gasteiger partial charge is 0.223 e. The van der Waals surface area contributed by atoms with Crippen LogP contribution in [0.5, 0.6) is 0 Å². The second-order valence-electron chi connectivity index (χ2n) is 7.04. The normalized spacial score (nSPS) is 16.3. The zero-order valence-electron chi connectivity index (χ0n) is 15.3. The third-order valence-electron chi connectivity index (χ3n) is 4.27. The summed E-state index contributed by atoms with van der Waals surface area (Å²) in [7, 11) is 0. The van der Waals surface area contributed by atoms with Gasteiger partial charge >= 0.3 is 0 Å². The topological polar surface area (TPSA) is 54.8 Å². The molecule has 0 saturated heterocycles. The van der Waals surface area contributed by atoms with Crippen molar-refractivity contribution in [3.8, 4) is 0 Å². The number of benzene rings is 1. The Morgan fingerprint density at radius 3 is 2.65 bits per heavy atom. The SMILES string of the molecule is CC(C)CC(=O)N(Cc1ccccc1)CC1CC(c2ccccn2)=NO1. The summed E-state index contributed by atoms with van der Waals surface area (Å²) in [6.07, 6.45) is 2.82. The third-order valence-corrected chi connectivity index (χ3v) is 4.27. The Hall–Kier alpha value is -2.69. The molecule has 1 amide bonds. The molecule has 26 heavy (non-hydrogen) atoms. The van der Waals surface area contributed by atoms with Crippen LogP contribution in [-0.2, 0) is 16.2 Å². The van der Waals surface area contributed by atoms with E-state index < -0.39 is 0 Å². The van der Waals surface area contributed by atoms with Crippen molar-refractivity contribution >= 4 is 11.6 Å². The van der Waals surface area contributed by atoms with Crippen molar-refractivity contribution < 1.29 is 9.63 Å². The molecule has 1 aromatic carbocycles. The number of pyridine rings is 1. The highest BCUT2D eigenvalue weighted by molar-refractivity contribution is 5.99. The Balaban J connectivity index is 1.65. The van der Waals surface area contributed by atoms with Gasteiger partial charge in [-0.1, -0.05) is 55.4 Å². The zero-order valence-corrected chi connectivity index (χ0v) is 15.3. The Morgan fingerprint density at radius 2 is 1.96 bits per heavy atom. The quantitative estimate of drug-likeness (QED) is 0.765. The highest BCUT2D eigenvalue weighted by Crippen LogP contribution is 2.18. The molecule has 1 atom stereocenters. The maximum atomic E-state index is 12.7. The Morgan fingerprint density at radius 1 is 1.19 bits per heavy atom. The van der Waals surface area contributed by atoms with E-state index in [9.17, 15) is 4.79 Å². The van der Waals surface area contributed by atoms with Crippen molar-refractivity contribution in [1.29, 1.82) is 0 Å². The fourth-order valence-electron chi connectivity index (χ4n) is 2.99. The average molecular weight is 351 g/mol. The molecule has 136 valence electrons. The third kappa shape index (κ3) is 4.91. The predicted octanol–water partition coefficient (Wildman–Crippen LogP) is 3.65. The van der Waals surface area contributed by atoms with Crippen LogP contribution in [0.25, 0.3) is 0 Å². The fraction of sp³-hybridized carbons (Fsp3) is 0.381. The number of hydrogen-bond acceptors (Lipinski definition) is 4. The minimum atomic E-state index is -0.133. The second kappa shape index (κ2) is 8.61. The molecule has 2 heterocycles. The van der Waals surface area contributed by atoms with Gasteiger partial charge in [0.2, 0.25) is 5.91 Å². The number of oxime groups is 1. The second-order valence-corrected chi connectivity index (χ2v) is 7.04. The summed E-state index contributed by atoms with van der Waals surface area (Å²) in [6.45, 7) is 5.24. The van der Waals surface area contributed by atoms with Gasteiger partial charge in [-0.2, -0.15) is 0 Å². The van der Waals surface area contributed by atoms with Gasteiger partial charge in [-0.3, -0.25) is 9.78 Å². The summed E-state index contributed by atoms with van der Waals surface area (Å²) in [5.74, 6) is 0.476. The number of carbonyl (C=O) groups is 1. The summed E-state index contributed by atoms with van der Waals surface area (Å²) in [5.41, 5.74) is 2.79. The number of amides is 1. The first-order valence-electron chi connectivity index (χ1n) is 9.07. The Bertz CT molecular complexity index is 744. The van der Waals surface area contributed by atoms with E-state index in [1.165, 1.54) is 0 Å². The molecule has 0 saturated carbocycles. The van der Waals surface area contributed by atoms with Crippen LogP contribution in [0.4, 0.5) is 0 Å². The van der Waals surface area contributed by atoms with Crippen molar-refractivity contribution in [3.05, 3.63) is 66.0 Å². The molecule has 0 aliphatic carbocycles. The largest absolute Gasteiger partial charge is 0.390 e. The van der Waals surface area contributed by atoms with Gasteiger partial charge < -0.3 is 9.74 Å². The van der Waals surface area contributed by atoms with Crippen LogP contribution >= 0.6 is 0 Å². The summed E-state index contributed by atoms with van der Waals surface area (Å²) in [5, 5.41) is 4.18. The first-order chi connectivity index (χ1) is 12.6. The van der Waals surface area contributed by atoms with Crippen molar-refractivity contribution in [1.82, 2.24) is 9.88 Å². The summed E-state index contributed by atoms with van der Waals surface area (Å²) in [4.78, 5) is 24.5. The average Bonchev–Trinajstić information content (AvgIpc) is 3.11. The minimum Gasteiger partial charge on any atom is -0.390 e. The lowest BCUT2D eigenvalue weighted by atomic mass is 10.1. The van der Waals surface area contributed by atoms with E-state index in [4.69, 9.17) is 4.84 Å². The molecule has 0 radical (unpaired) electrons. The Labute approximate surface area is 154 Å². The highest BCUT2D eigenvalue weighted by Gasteiger charge is 2.27. The van der Waals surface area contributed by atoms with Gasteiger partial charge in [-0.15, -0.1) is 0 Å². The first kappa shape index (κ1) is 18.1. The number of hydrogen-bond donors (Lipinski definition) is 0. The van der Waals surface area contributed by atoms with Crippen LogP contribution in [0.15, 0.2) is 59.9 Å². The van der Waals surface area contributed by atoms with E-state index in [-0.39, 0.29) is 12.0 Å². The van der Waals surface area contributed by atoms with Gasteiger partial charge in [0.05, 0.1) is 12.2 Å². The van der Waals surface area contributed by atoms with Crippen LogP contribution in [0.2, 0.25) is 0 Å². The molecule has 5 heteroatoms. The molecule has 1 unspecified atom stereocenters. The van der Waals surface area contributed by atoms with Crippen LogP contribution < -0.4 is 0 Å². The molecule has 2 aromatic rings. The van der Waals surface area contributed by atoms with Gasteiger partial charge in [0.15, 0.2) is 6.10 Å². The number of nitrogens with zero attached hydrogens (tertiary/aromatic N) is 3. The Kier molecular flexibility index (Phi) is 6.00. The number of rotatable bonds is 7. The molecule has 3 rings (SSSR count). The lowest BCUT2D eigenvalue weighted by Crippen LogP contribution is -2.37. The summed E-state index contributed by atoms with van der Waals surface area (Å²) >= 11 is 0. The van der Waals surface area contributed by atoms with Gasteiger partial charge in [-0.25, -0.2) is 0 Å². The maximum Gasteiger partial charge on any atom is 0.223 e. The molecule has 1 aliphatic heterocycles. The van der Waals surface area contributed by atoms with Gasteiger partial charge in [-0.05, 0) is 23.6 Å². The molecule has 5 nitrogen and oxygen atoms in total. The summed E-state index contributed by atoms with van der Waals surface area (Å²) in [6, 6.07) is 15.8. The highest BCUT2D eigenvalue weighted by atomic mass is 16.6. The van der Waals surface area contributed by atoms with E-state index in [1.54, 1.807) is 6.20 Å². The first-order valence-corrected chi connectivity index (χ1v) is 9.07. The van der Waals surface area contributed by atoms with E-state index in [2.05, 4.69) is 24.0 Å². The minimum absolute atomic E-state index is 0.133. The molecule has 1 aliphatic rings. The van der Waals surface area contributed by atoms with Gasteiger partial charge in [0, 0.05) is 25.6 Å². The lowest BCUT2D eigenvalue weighted by Gasteiger charge is -2.25. The van der Waals surface area contributed by atoms with Gasteiger partial charge in [0.1, 0.15) is 5.71 Å². The van der Waals surface area contributed by atoms with E-state index >= 15 is 0 Å². The molecular formula is C21H25N3O2. The maximum absolute atomic E-state index is 12.7. The van der Waals surface area contributed by atoms with E-state index in [0.717, 1.165) is 17.0 Å². The van der Waals surface area contributed by atoms with E-state index in [1.807, 2.05) is 53.4 Å². The molecule has 1 aromatic heterocycles. The fourth-order valence-corrected chi connectivity index (χ4v) is 2.99. The van der Waals surface area contributed by atoms with Crippen LogP contribution in [0.1, 0.15) is 37.9 Å². The number of carbonyl (C=O) groups excluding carboxylic acids is 1. The van der Waals surface area contributed by atoms with Crippen molar-refractivity contribution in [2.45, 2.75) is 39.3 Å². The molecule has 0 fully saturated rings. The van der Waals surface area contributed by atoms with Crippen LogP contribution in [0.3, 0.4) is 0 Å². The monoisotopic (exact) mass is 351 g/mol. The van der Waals surface area contributed by atoms with Crippen molar-refractivity contribution in [2.24, 2.45) is 11.1 Å². The predicted molar refractivity (Wildman–Crippen MR) is 102 cm³/mol. The van der Waals surface area contributed by atoms with Crippen molar-refractivity contribution in [3.63, 3.8) is 0 Å². The van der Waals surface area contributed by atoms with Crippen molar-refractivity contribution in [2.75, 3.05) is 6.54 Å². The summed E-state index contributed by atoms with van der Waals surface area (Å²) < 4.78 is 0. The molecular weight excluding hydrogens is 326 g/mol. The molecule has 0 spiro atoms. The lowest BCUT2D eigenvalue weighted by molar-refractivity contribution is -0.134. The molecule has 0 bridgehead atoms.